The average molecular weight is 334 g/mol. The van der Waals surface area contributed by atoms with Gasteiger partial charge < -0.3 is 14.7 Å². The molecule has 4 rings (SSSR count). The van der Waals surface area contributed by atoms with E-state index in [0.29, 0.717) is 18.8 Å². The number of fused-ring (bicyclic) bond motifs is 1. The van der Waals surface area contributed by atoms with E-state index < -0.39 is 5.41 Å². The van der Waals surface area contributed by atoms with E-state index in [4.69, 9.17) is 0 Å². The summed E-state index contributed by atoms with van der Waals surface area (Å²) < 4.78 is 0. The number of hydrogen-bond acceptors (Lipinski definition) is 5. The molecule has 2 atom stereocenters. The van der Waals surface area contributed by atoms with Gasteiger partial charge in [-0.25, -0.2) is 4.98 Å². The smallest absolute Gasteiger partial charge is 0.273 e. The Morgan fingerprint density at radius 3 is 2.70 bits per heavy atom. The molecule has 0 unspecified atom stereocenters. The highest BCUT2D eigenvalue weighted by Gasteiger charge is 2.58. The quantitative estimate of drug-likeness (QED) is 0.802. The van der Waals surface area contributed by atoms with Gasteiger partial charge in [-0.05, 0) is 19.9 Å². The van der Waals surface area contributed by atoms with E-state index in [1.807, 2.05) is 9.80 Å². The topological polar surface area (TPSA) is 56.8 Å². The lowest BCUT2D eigenvalue weighted by molar-refractivity contribution is -0.141. The molecule has 0 spiro atoms. The summed E-state index contributed by atoms with van der Waals surface area (Å²) in [5.74, 6) is 0.470. The van der Waals surface area contributed by atoms with E-state index in [9.17, 15) is 9.59 Å². The number of amides is 2. The minimum absolute atomic E-state index is 0.0306. The lowest BCUT2D eigenvalue weighted by atomic mass is 9.79. The Bertz CT molecular complexity index is 614. The summed E-state index contributed by atoms with van der Waals surface area (Å²) in [6.07, 6.45) is 2.20. The van der Waals surface area contributed by atoms with Crippen molar-refractivity contribution in [3.63, 3.8) is 0 Å². The number of thiazole rings is 1. The maximum atomic E-state index is 13.2. The van der Waals surface area contributed by atoms with Crippen LogP contribution in [-0.4, -0.2) is 77.8 Å². The number of likely N-dealkylation sites (tertiary alicyclic amines) is 3. The first kappa shape index (κ1) is 15.1. The van der Waals surface area contributed by atoms with Crippen LogP contribution < -0.4 is 0 Å². The summed E-state index contributed by atoms with van der Waals surface area (Å²) in [5, 5.41) is 1.79. The molecule has 3 aliphatic heterocycles. The van der Waals surface area contributed by atoms with Gasteiger partial charge in [0.1, 0.15) is 5.69 Å². The zero-order chi connectivity index (χ0) is 16.0. The molecule has 4 heterocycles. The molecule has 0 radical (unpaired) electrons. The third-order valence-electron chi connectivity index (χ3n) is 5.54. The van der Waals surface area contributed by atoms with E-state index in [1.54, 1.807) is 10.9 Å². The third-order valence-corrected chi connectivity index (χ3v) is 6.12. The molecule has 23 heavy (non-hydrogen) atoms. The normalized spacial score (nSPS) is 30.9. The van der Waals surface area contributed by atoms with Gasteiger partial charge in [-0.2, -0.15) is 0 Å². The summed E-state index contributed by atoms with van der Waals surface area (Å²) in [5.41, 5.74) is 1.78. The highest BCUT2D eigenvalue weighted by Crippen LogP contribution is 2.44. The summed E-state index contributed by atoms with van der Waals surface area (Å²) >= 11 is 1.43. The maximum absolute atomic E-state index is 13.2. The van der Waals surface area contributed by atoms with Gasteiger partial charge >= 0.3 is 0 Å². The SMILES string of the molecule is CN1C[C@H]2CN(C(=O)c3cscn3)C[C@@]2(C(=O)N2CCCC2)C1. The van der Waals surface area contributed by atoms with E-state index in [0.717, 1.165) is 39.0 Å². The van der Waals surface area contributed by atoms with Crippen LogP contribution in [0.2, 0.25) is 0 Å². The highest BCUT2D eigenvalue weighted by molar-refractivity contribution is 7.07. The lowest BCUT2D eigenvalue weighted by Gasteiger charge is -2.32. The monoisotopic (exact) mass is 334 g/mol. The second-order valence-corrected chi connectivity index (χ2v) is 7.83. The fourth-order valence-electron chi connectivity index (χ4n) is 4.49. The van der Waals surface area contributed by atoms with Gasteiger partial charge in [-0.15, -0.1) is 11.3 Å². The lowest BCUT2D eigenvalue weighted by Crippen LogP contribution is -2.49. The molecule has 7 heteroatoms. The Kier molecular flexibility index (Phi) is 3.65. The number of hydrogen-bond donors (Lipinski definition) is 0. The Hall–Kier alpha value is -1.47. The van der Waals surface area contributed by atoms with Crippen molar-refractivity contribution in [3.05, 3.63) is 16.6 Å². The Labute approximate surface area is 140 Å². The molecule has 1 aromatic heterocycles. The average Bonchev–Trinajstić information content (AvgIpc) is 3.28. The molecular weight excluding hydrogens is 312 g/mol. The minimum Gasteiger partial charge on any atom is -0.342 e. The first-order valence-electron chi connectivity index (χ1n) is 8.25. The zero-order valence-electron chi connectivity index (χ0n) is 13.4. The van der Waals surface area contributed by atoms with Gasteiger partial charge in [0.15, 0.2) is 0 Å². The largest absolute Gasteiger partial charge is 0.342 e. The van der Waals surface area contributed by atoms with Crippen molar-refractivity contribution in [2.45, 2.75) is 12.8 Å². The highest BCUT2D eigenvalue weighted by atomic mass is 32.1. The Morgan fingerprint density at radius 1 is 1.22 bits per heavy atom. The molecule has 0 saturated carbocycles. The second-order valence-electron chi connectivity index (χ2n) is 7.11. The predicted molar refractivity (Wildman–Crippen MR) is 87.3 cm³/mol. The molecule has 124 valence electrons. The van der Waals surface area contributed by atoms with Crippen LogP contribution in [0.4, 0.5) is 0 Å². The van der Waals surface area contributed by atoms with E-state index >= 15 is 0 Å². The van der Waals surface area contributed by atoms with Crippen molar-refractivity contribution >= 4 is 23.2 Å². The molecule has 0 aliphatic carbocycles. The first-order valence-corrected chi connectivity index (χ1v) is 9.20. The van der Waals surface area contributed by atoms with Gasteiger partial charge in [0.25, 0.3) is 5.91 Å². The molecule has 3 aliphatic rings. The second kappa shape index (κ2) is 5.56. The van der Waals surface area contributed by atoms with Crippen LogP contribution in [0.25, 0.3) is 0 Å². The van der Waals surface area contributed by atoms with Crippen LogP contribution in [0.1, 0.15) is 23.3 Å². The maximum Gasteiger partial charge on any atom is 0.273 e. The molecule has 3 fully saturated rings. The molecule has 2 amide bonds. The van der Waals surface area contributed by atoms with Crippen molar-refractivity contribution in [2.24, 2.45) is 11.3 Å². The van der Waals surface area contributed by atoms with Crippen LogP contribution >= 0.6 is 11.3 Å². The van der Waals surface area contributed by atoms with Gasteiger partial charge in [-0.3, -0.25) is 9.59 Å². The summed E-state index contributed by atoms with van der Waals surface area (Å²) in [6.45, 7) is 4.59. The van der Waals surface area contributed by atoms with E-state index in [-0.39, 0.29) is 17.7 Å². The van der Waals surface area contributed by atoms with Gasteiger partial charge in [-0.1, -0.05) is 0 Å². The zero-order valence-corrected chi connectivity index (χ0v) is 14.2. The van der Waals surface area contributed by atoms with Crippen molar-refractivity contribution in [2.75, 3.05) is 46.3 Å². The first-order chi connectivity index (χ1) is 11.1. The number of nitrogens with zero attached hydrogens (tertiary/aromatic N) is 4. The number of aromatic nitrogens is 1. The fraction of sp³-hybridized carbons (Fsp3) is 0.688. The Morgan fingerprint density at radius 2 is 2.00 bits per heavy atom. The van der Waals surface area contributed by atoms with Crippen LogP contribution in [0.3, 0.4) is 0 Å². The molecule has 3 saturated heterocycles. The van der Waals surface area contributed by atoms with Gasteiger partial charge in [0, 0.05) is 50.6 Å². The minimum atomic E-state index is -0.412. The van der Waals surface area contributed by atoms with Crippen LogP contribution in [0.15, 0.2) is 10.9 Å². The Balaban J connectivity index is 1.58. The summed E-state index contributed by atoms with van der Waals surface area (Å²) in [7, 11) is 2.07. The third kappa shape index (κ3) is 2.37. The molecule has 0 bridgehead atoms. The summed E-state index contributed by atoms with van der Waals surface area (Å²) in [4.78, 5) is 36.1. The fourth-order valence-corrected chi connectivity index (χ4v) is 5.01. The van der Waals surface area contributed by atoms with Crippen molar-refractivity contribution < 1.29 is 9.59 Å². The van der Waals surface area contributed by atoms with Crippen molar-refractivity contribution in [1.82, 2.24) is 19.7 Å². The molecular formula is C16H22N4O2S. The number of carbonyl (C=O) groups excluding carboxylic acids is 2. The predicted octanol–water partition coefficient (Wildman–Crippen LogP) is 0.769. The number of rotatable bonds is 2. The van der Waals surface area contributed by atoms with E-state index in [1.165, 1.54) is 11.3 Å². The summed E-state index contributed by atoms with van der Waals surface area (Å²) in [6, 6.07) is 0. The molecule has 0 N–H and O–H groups in total. The van der Waals surface area contributed by atoms with Crippen LogP contribution in [0, 0.1) is 11.3 Å². The van der Waals surface area contributed by atoms with Crippen LogP contribution in [-0.2, 0) is 4.79 Å². The number of carbonyl (C=O) groups is 2. The van der Waals surface area contributed by atoms with Gasteiger partial charge in [0.2, 0.25) is 5.91 Å². The molecule has 6 nitrogen and oxygen atoms in total. The molecule has 0 aromatic carbocycles. The standard InChI is InChI=1S/C16H22N4O2S/c1-18-6-12-7-20(14(21)13-8-23-11-17-13)10-16(12,9-18)15(22)19-4-2-3-5-19/h8,11-12H,2-7,9-10H2,1H3/t12-,16-/m0/s1. The molecule has 1 aromatic rings. The van der Waals surface area contributed by atoms with Crippen molar-refractivity contribution in [1.29, 1.82) is 0 Å². The van der Waals surface area contributed by atoms with E-state index in [2.05, 4.69) is 16.9 Å². The van der Waals surface area contributed by atoms with Gasteiger partial charge in [0.05, 0.1) is 10.9 Å². The van der Waals surface area contributed by atoms with Crippen LogP contribution in [0.5, 0.6) is 0 Å². The van der Waals surface area contributed by atoms with Crippen molar-refractivity contribution in [3.8, 4) is 0 Å².